The lowest BCUT2D eigenvalue weighted by molar-refractivity contribution is -0.104. The van der Waals surface area contributed by atoms with Crippen LogP contribution in [-0.4, -0.2) is 46.0 Å². The van der Waals surface area contributed by atoms with Crippen molar-refractivity contribution in [2.24, 2.45) is 28.6 Å². The zero-order chi connectivity index (χ0) is 22.2. The van der Waals surface area contributed by atoms with E-state index in [-0.39, 0.29) is 12.2 Å². The second kappa shape index (κ2) is 7.31. The van der Waals surface area contributed by atoms with E-state index in [1.54, 1.807) is 0 Å². The summed E-state index contributed by atoms with van der Waals surface area (Å²) in [7, 11) is 8.05. The topological polar surface area (TPSA) is 40.5 Å². The van der Waals surface area contributed by atoms with Crippen molar-refractivity contribution in [1.82, 2.24) is 0 Å². The largest absolute Gasteiger partial charge is 0.393 e. The molecule has 5 heteroatoms. The summed E-state index contributed by atoms with van der Waals surface area (Å²) in [6.45, 7) is 9.69. The molecule has 0 heterocycles. The first-order chi connectivity index (χ1) is 13.8. The molecule has 0 aromatic rings. The Hall–Kier alpha value is 0.115. The second-order valence-corrected chi connectivity index (χ2v) is 13.5. The third-order valence-electron chi connectivity index (χ3n) is 13.0. The van der Waals surface area contributed by atoms with Gasteiger partial charge >= 0.3 is 0 Å². The van der Waals surface area contributed by atoms with Crippen molar-refractivity contribution < 1.29 is 10.2 Å². The normalized spacial score (nSPS) is 55.2. The van der Waals surface area contributed by atoms with Gasteiger partial charge in [0.1, 0.15) is 23.5 Å². The van der Waals surface area contributed by atoms with Gasteiger partial charge in [0.2, 0.25) is 0 Å². The van der Waals surface area contributed by atoms with Gasteiger partial charge in [0.15, 0.2) is 0 Å². The Kier molecular flexibility index (Phi) is 5.67. The van der Waals surface area contributed by atoms with Crippen LogP contribution in [0, 0.1) is 28.6 Å². The summed E-state index contributed by atoms with van der Waals surface area (Å²) in [6.07, 6.45) is 13.3. The quantitative estimate of drug-likeness (QED) is 0.696. The Labute approximate surface area is 189 Å². The van der Waals surface area contributed by atoms with E-state index in [9.17, 15) is 10.2 Å². The lowest BCUT2D eigenvalue weighted by atomic mass is 9.17. The van der Waals surface area contributed by atoms with Crippen LogP contribution in [0.1, 0.15) is 98.3 Å². The van der Waals surface area contributed by atoms with Crippen LogP contribution in [0.4, 0.5) is 0 Å². The summed E-state index contributed by atoms with van der Waals surface area (Å²) >= 11 is 0. The monoisotopic (exact) mass is 412 g/mol. The van der Waals surface area contributed by atoms with E-state index in [0.29, 0.717) is 38.6 Å². The molecule has 2 nitrogen and oxygen atoms in total. The Bertz CT molecular complexity index is 673. The maximum atomic E-state index is 10.4. The highest BCUT2D eigenvalue weighted by Crippen LogP contribution is 2.88. The molecule has 5 unspecified atom stereocenters. The van der Waals surface area contributed by atoms with Crippen molar-refractivity contribution in [3.63, 3.8) is 0 Å². The van der Waals surface area contributed by atoms with Gasteiger partial charge in [0.25, 0.3) is 0 Å². The fraction of sp³-hybridized carbons (Fsp3) is 1.00. The first kappa shape index (κ1) is 23.3. The highest BCUT2D eigenvalue weighted by molar-refractivity contribution is 6.33. The van der Waals surface area contributed by atoms with Crippen molar-refractivity contribution in [3.8, 4) is 0 Å². The standard InChI is InChI=1S/C25H47B3O2/c1-16(5-6-17(2)29)20-9-12-23(26)22(20,4)13-14-24(27)21(3)10-8-19(30)15-18(21)7-11-25(23,24)28/h16-20,29-30H,5-15,26-28H2,1-4H3/t16-,17-,18-,19?,20?,21?,22?,23+,24+,25?/m1/s1. The van der Waals surface area contributed by atoms with E-state index in [0.717, 1.165) is 25.2 Å². The summed E-state index contributed by atoms with van der Waals surface area (Å²) in [4.78, 5) is 0. The maximum Gasteiger partial charge on any atom is 0.109 e. The number of aliphatic hydroxyl groups excluding tert-OH is 2. The van der Waals surface area contributed by atoms with Gasteiger partial charge < -0.3 is 10.2 Å². The molecular weight excluding hydrogens is 365 g/mol. The van der Waals surface area contributed by atoms with Crippen LogP contribution in [0.2, 0.25) is 15.9 Å². The zero-order valence-corrected chi connectivity index (χ0v) is 21.1. The summed E-state index contributed by atoms with van der Waals surface area (Å²) in [5.41, 5.74) is 0.788. The van der Waals surface area contributed by atoms with Gasteiger partial charge in [0.05, 0.1) is 12.2 Å². The molecule has 10 atom stereocenters. The van der Waals surface area contributed by atoms with Gasteiger partial charge in [0, 0.05) is 0 Å². The van der Waals surface area contributed by atoms with Gasteiger partial charge in [-0.3, -0.25) is 0 Å². The molecule has 30 heavy (non-hydrogen) atoms. The highest BCUT2D eigenvalue weighted by Gasteiger charge is 2.73. The molecule has 0 aromatic heterocycles. The highest BCUT2D eigenvalue weighted by atomic mass is 16.3. The van der Waals surface area contributed by atoms with Crippen molar-refractivity contribution in [2.45, 2.75) is 126 Å². The smallest absolute Gasteiger partial charge is 0.109 e. The zero-order valence-electron chi connectivity index (χ0n) is 21.1. The molecule has 0 bridgehead atoms. The van der Waals surface area contributed by atoms with Gasteiger partial charge in [-0.15, -0.1) is 0 Å². The molecule has 0 spiro atoms. The fourth-order valence-electron chi connectivity index (χ4n) is 10.3. The molecule has 0 amide bonds. The molecule has 0 radical (unpaired) electrons. The lowest BCUT2D eigenvalue weighted by Crippen LogP contribution is -2.62. The SMILES string of the molecule is BC12CC[C@@H]3CC(O)CCC3(C)[C@@]1(B)CCC1(C)C([C@H](C)CC[C@@H](C)O)CC[C@]12B. The first-order valence-electron chi connectivity index (χ1n) is 13.2. The van der Waals surface area contributed by atoms with Gasteiger partial charge in [-0.2, -0.15) is 0 Å². The van der Waals surface area contributed by atoms with E-state index in [1.807, 2.05) is 6.92 Å². The molecule has 4 aliphatic rings. The maximum absolute atomic E-state index is 10.4. The van der Waals surface area contributed by atoms with E-state index < -0.39 is 0 Å². The molecule has 4 saturated carbocycles. The second-order valence-electron chi connectivity index (χ2n) is 13.5. The molecule has 0 aromatic carbocycles. The average Bonchev–Trinajstić information content (AvgIpc) is 2.96. The van der Waals surface area contributed by atoms with Crippen LogP contribution < -0.4 is 0 Å². The van der Waals surface area contributed by atoms with Gasteiger partial charge in [-0.25, -0.2) is 0 Å². The van der Waals surface area contributed by atoms with Gasteiger partial charge in [-0.1, -0.05) is 62.4 Å². The van der Waals surface area contributed by atoms with E-state index in [2.05, 4.69) is 44.3 Å². The number of aliphatic hydroxyl groups is 2. The molecule has 4 rings (SSSR count). The van der Waals surface area contributed by atoms with Crippen molar-refractivity contribution in [2.75, 3.05) is 0 Å². The molecule has 0 saturated heterocycles. The molecule has 4 aliphatic carbocycles. The van der Waals surface area contributed by atoms with Crippen LogP contribution in [0.3, 0.4) is 0 Å². The van der Waals surface area contributed by atoms with Crippen molar-refractivity contribution in [3.05, 3.63) is 0 Å². The van der Waals surface area contributed by atoms with Crippen LogP contribution in [0.15, 0.2) is 0 Å². The molecule has 168 valence electrons. The summed E-state index contributed by atoms with van der Waals surface area (Å²) in [5, 5.41) is 21.4. The predicted octanol–water partition coefficient (Wildman–Crippen LogP) is 3.33. The Morgan fingerprint density at radius 3 is 2.10 bits per heavy atom. The summed E-state index contributed by atoms with van der Waals surface area (Å²) in [5.74, 6) is 2.20. The van der Waals surface area contributed by atoms with Crippen molar-refractivity contribution >= 4 is 23.5 Å². The predicted molar refractivity (Wildman–Crippen MR) is 135 cm³/mol. The number of fused-ring (bicyclic) bond motifs is 5. The number of rotatable bonds is 4. The Morgan fingerprint density at radius 2 is 1.43 bits per heavy atom. The van der Waals surface area contributed by atoms with Gasteiger partial charge in [-0.05, 0) is 80.5 Å². The third-order valence-corrected chi connectivity index (χ3v) is 13.0. The van der Waals surface area contributed by atoms with Crippen molar-refractivity contribution in [1.29, 1.82) is 0 Å². The summed E-state index contributed by atoms with van der Waals surface area (Å²) < 4.78 is 0. The summed E-state index contributed by atoms with van der Waals surface area (Å²) in [6, 6.07) is 0. The molecule has 2 N–H and O–H groups in total. The van der Waals surface area contributed by atoms with Crippen LogP contribution in [-0.2, 0) is 0 Å². The third kappa shape index (κ3) is 2.79. The molecule has 0 aliphatic heterocycles. The molecule has 4 fully saturated rings. The minimum Gasteiger partial charge on any atom is -0.393 e. The molecular formula is C25H47B3O2. The van der Waals surface area contributed by atoms with E-state index in [1.165, 1.54) is 51.4 Å². The van der Waals surface area contributed by atoms with E-state index >= 15 is 0 Å². The van der Waals surface area contributed by atoms with Crippen LogP contribution >= 0.6 is 0 Å². The van der Waals surface area contributed by atoms with E-state index in [4.69, 9.17) is 0 Å². The average molecular weight is 412 g/mol. The first-order valence-corrected chi connectivity index (χ1v) is 13.2. The number of hydrogen-bond donors (Lipinski definition) is 2. The van der Waals surface area contributed by atoms with Crippen LogP contribution in [0.5, 0.6) is 0 Å². The minimum absolute atomic E-state index is 0.0638. The Morgan fingerprint density at radius 1 is 0.800 bits per heavy atom. The lowest BCUT2D eigenvalue weighted by Gasteiger charge is -2.76. The fourth-order valence-corrected chi connectivity index (χ4v) is 10.3. The minimum atomic E-state index is -0.169. The number of hydrogen-bond acceptors (Lipinski definition) is 2. The Balaban J connectivity index is 1.68. The van der Waals surface area contributed by atoms with Crippen LogP contribution in [0.25, 0.3) is 0 Å².